The van der Waals surface area contributed by atoms with Crippen LogP contribution in [0.5, 0.6) is 0 Å². The summed E-state index contributed by atoms with van der Waals surface area (Å²) >= 11 is 1.81. The average Bonchev–Trinajstić information content (AvgIpc) is 3.02. The molecule has 23 heavy (non-hydrogen) atoms. The standard InChI is InChI=1S/C18H21N3OS/c1-11-17(13-7-9-14(10-8-13)19-12(2)22)21-16-6-4-3-5-15(16)20-18(21)23-11/h7-10,15-16H,3-6H2,1-2H3,(H,19,22)/t15-,16-/m1/s1. The zero-order valence-corrected chi connectivity index (χ0v) is 14.3. The average molecular weight is 327 g/mol. The Balaban J connectivity index is 1.64. The molecule has 1 aromatic carbocycles. The molecular formula is C18H21N3OS. The van der Waals surface area contributed by atoms with Gasteiger partial charge in [-0.15, -0.1) is 0 Å². The van der Waals surface area contributed by atoms with E-state index < -0.39 is 0 Å². The van der Waals surface area contributed by atoms with Gasteiger partial charge in [0.2, 0.25) is 5.91 Å². The highest BCUT2D eigenvalue weighted by atomic mass is 32.2. The monoisotopic (exact) mass is 327 g/mol. The van der Waals surface area contributed by atoms with Crippen molar-refractivity contribution in [2.24, 2.45) is 4.99 Å². The first-order chi connectivity index (χ1) is 11.1. The number of anilines is 1. The van der Waals surface area contributed by atoms with E-state index in [1.54, 1.807) is 11.8 Å². The van der Waals surface area contributed by atoms with Gasteiger partial charge in [0.05, 0.1) is 17.8 Å². The zero-order valence-electron chi connectivity index (χ0n) is 13.5. The Labute approximate surface area is 141 Å². The van der Waals surface area contributed by atoms with E-state index in [0.29, 0.717) is 12.1 Å². The Morgan fingerprint density at radius 3 is 2.74 bits per heavy atom. The quantitative estimate of drug-likeness (QED) is 0.891. The Hall–Kier alpha value is -1.75. The Morgan fingerprint density at radius 2 is 2.00 bits per heavy atom. The van der Waals surface area contributed by atoms with E-state index in [9.17, 15) is 4.79 Å². The van der Waals surface area contributed by atoms with E-state index in [1.165, 1.54) is 53.9 Å². The summed E-state index contributed by atoms with van der Waals surface area (Å²) in [4.78, 5) is 19.9. The molecule has 120 valence electrons. The van der Waals surface area contributed by atoms with Crippen LogP contribution in [-0.2, 0) is 4.79 Å². The smallest absolute Gasteiger partial charge is 0.221 e. The molecule has 0 bridgehead atoms. The molecule has 1 amide bonds. The number of rotatable bonds is 2. The van der Waals surface area contributed by atoms with Crippen molar-refractivity contribution in [3.63, 3.8) is 0 Å². The van der Waals surface area contributed by atoms with Crippen LogP contribution in [0.15, 0.2) is 34.2 Å². The number of nitrogens with zero attached hydrogens (tertiary/aromatic N) is 2. The third kappa shape index (κ3) is 2.57. The summed E-state index contributed by atoms with van der Waals surface area (Å²) in [5.41, 5.74) is 3.36. The Kier molecular flexibility index (Phi) is 3.68. The fraction of sp³-hybridized carbons (Fsp3) is 0.444. The highest BCUT2D eigenvalue weighted by Crippen LogP contribution is 2.47. The summed E-state index contributed by atoms with van der Waals surface area (Å²) in [5.74, 6) is -0.0384. The molecule has 1 aliphatic carbocycles. The van der Waals surface area contributed by atoms with Crippen molar-refractivity contribution in [1.29, 1.82) is 0 Å². The number of carbonyl (C=O) groups excluding carboxylic acids is 1. The van der Waals surface area contributed by atoms with Crippen LogP contribution in [0.2, 0.25) is 0 Å². The number of allylic oxidation sites excluding steroid dienone is 1. The van der Waals surface area contributed by atoms with Gasteiger partial charge in [0, 0.05) is 17.5 Å². The number of fused-ring (bicyclic) bond motifs is 3. The molecule has 0 unspecified atom stereocenters. The van der Waals surface area contributed by atoms with Gasteiger partial charge in [-0.2, -0.15) is 0 Å². The Bertz CT molecular complexity index is 707. The highest BCUT2D eigenvalue weighted by Gasteiger charge is 2.43. The number of nitrogens with one attached hydrogen (secondary N) is 1. The maximum absolute atomic E-state index is 11.2. The normalized spacial score (nSPS) is 26.0. The first-order valence-corrected chi connectivity index (χ1v) is 9.09. The molecule has 2 aliphatic heterocycles. The summed E-state index contributed by atoms with van der Waals surface area (Å²) in [6.45, 7) is 3.71. The molecule has 2 atom stereocenters. The van der Waals surface area contributed by atoms with Crippen LogP contribution in [0, 0.1) is 0 Å². The number of benzene rings is 1. The number of hydrogen-bond donors (Lipinski definition) is 1. The Morgan fingerprint density at radius 1 is 1.26 bits per heavy atom. The van der Waals surface area contributed by atoms with Gasteiger partial charge in [-0.25, -0.2) is 0 Å². The minimum Gasteiger partial charge on any atom is -0.326 e. The lowest BCUT2D eigenvalue weighted by molar-refractivity contribution is -0.114. The van der Waals surface area contributed by atoms with E-state index in [1.807, 2.05) is 12.1 Å². The molecule has 0 radical (unpaired) electrons. The molecule has 2 heterocycles. The molecule has 5 heteroatoms. The molecular weight excluding hydrogens is 306 g/mol. The van der Waals surface area contributed by atoms with E-state index in [0.717, 1.165) is 5.69 Å². The maximum atomic E-state index is 11.2. The van der Waals surface area contributed by atoms with Gasteiger partial charge in [-0.05, 0) is 37.5 Å². The van der Waals surface area contributed by atoms with Crippen molar-refractivity contribution in [2.75, 3.05) is 5.32 Å². The van der Waals surface area contributed by atoms with Crippen molar-refractivity contribution in [2.45, 2.75) is 51.6 Å². The van der Waals surface area contributed by atoms with Crippen LogP contribution in [0.25, 0.3) is 5.70 Å². The molecule has 0 aromatic heterocycles. The van der Waals surface area contributed by atoms with Crippen LogP contribution in [-0.4, -0.2) is 28.1 Å². The van der Waals surface area contributed by atoms with Crippen LogP contribution >= 0.6 is 11.8 Å². The predicted octanol–water partition coefficient (Wildman–Crippen LogP) is 4.06. The summed E-state index contributed by atoms with van der Waals surface area (Å²) in [6.07, 6.45) is 5.07. The molecule has 4 rings (SSSR count). The van der Waals surface area contributed by atoms with Gasteiger partial charge in [0.1, 0.15) is 0 Å². The SMILES string of the molecule is CC(=O)Nc1ccc(C2=C(C)SC3=N[C@@H]4CCCC[C@H]4N32)cc1. The molecule has 4 nitrogen and oxygen atoms in total. The molecule has 0 spiro atoms. The van der Waals surface area contributed by atoms with Crippen molar-refractivity contribution >= 4 is 34.2 Å². The van der Waals surface area contributed by atoms with Gasteiger partial charge < -0.3 is 10.2 Å². The lowest BCUT2D eigenvalue weighted by Crippen LogP contribution is -2.38. The van der Waals surface area contributed by atoms with Crippen molar-refractivity contribution in [3.8, 4) is 0 Å². The van der Waals surface area contributed by atoms with Crippen molar-refractivity contribution in [3.05, 3.63) is 34.7 Å². The summed E-state index contributed by atoms with van der Waals surface area (Å²) in [6, 6.07) is 9.17. The topological polar surface area (TPSA) is 44.7 Å². The lowest BCUT2D eigenvalue weighted by Gasteiger charge is -2.32. The molecule has 1 aromatic rings. The van der Waals surface area contributed by atoms with E-state index in [4.69, 9.17) is 4.99 Å². The van der Waals surface area contributed by atoms with Crippen molar-refractivity contribution in [1.82, 2.24) is 4.90 Å². The lowest BCUT2D eigenvalue weighted by atomic mass is 9.90. The second kappa shape index (κ2) is 5.71. The number of carbonyl (C=O) groups is 1. The minimum atomic E-state index is -0.0384. The summed E-state index contributed by atoms with van der Waals surface area (Å²) < 4.78 is 0. The van der Waals surface area contributed by atoms with Gasteiger partial charge in [-0.3, -0.25) is 9.79 Å². The second-order valence-corrected chi connectivity index (χ2v) is 7.65. The van der Waals surface area contributed by atoms with Crippen LogP contribution < -0.4 is 5.32 Å². The molecule has 1 fully saturated rings. The number of thioether (sulfide) groups is 1. The fourth-order valence-electron chi connectivity index (χ4n) is 3.84. The largest absolute Gasteiger partial charge is 0.326 e. The molecule has 1 saturated carbocycles. The number of aliphatic imine (C=N–C) groups is 1. The minimum absolute atomic E-state index is 0.0384. The second-order valence-electron chi connectivity index (χ2n) is 6.47. The third-order valence-corrected chi connectivity index (χ3v) is 5.79. The zero-order chi connectivity index (χ0) is 16.0. The molecule has 1 N–H and O–H groups in total. The number of amidine groups is 1. The highest BCUT2D eigenvalue weighted by molar-refractivity contribution is 8.17. The maximum Gasteiger partial charge on any atom is 0.221 e. The first-order valence-electron chi connectivity index (χ1n) is 8.27. The van der Waals surface area contributed by atoms with Gasteiger partial charge in [-0.1, -0.05) is 36.7 Å². The molecule has 3 aliphatic rings. The first kappa shape index (κ1) is 14.8. The van der Waals surface area contributed by atoms with Crippen LogP contribution in [0.1, 0.15) is 45.1 Å². The van der Waals surface area contributed by atoms with Gasteiger partial charge >= 0.3 is 0 Å². The molecule has 0 saturated heterocycles. The van der Waals surface area contributed by atoms with E-state index in [2.05, 4.69) is 29.3 Å². The third-order valence-electron chi connectivity index (χ3n) is 4.81. The van der Waals surface area contributed by atoms with Crippen LogP contribution in [0.3, 0.4) is 0 Å². The van der Waals surface area contributed by atoms with Gasteiger partial charge in [0.25, 0.3) is 0 Å². The predicted molar refractivity (Wildman–Crippen MR) is 96.2 cm³/mol. The van der Waals surface area contributed by atoms with Crippen LogP contribution in [0.4, 0.5) is 5.69 Å². The number of amides is 1. The summed E-state index contributed by atoms with van der Waals surface area (Å²) in [5, 5.41) is 4.01. The van der Waals surface area contributed by atoms with Crippen molar-refractivity contribution < 1.29 is 4.79 Å². The summed E-state index contributed by atoms with van der Waals surface area (Å²) in [7, 11) is 0. The van der Waals surface area contributed by atoms with E-state index >= 15 is 0 Å². The van der Waals surface area contributed by atoms with E-state index in [-0.39, 0.29) is 5.91 Å². The number of hydrogen-bond acceptors (Lipinski definition) is 4. The fourth-order valence-corrected chi connectivity index (χ4v) is 4.94. The van der Waals surface area contributed by atoms with Gasteiger partial charge in [0.15, 0.2) is 5.17 Å².